The number of aromatic hydroxyl groups is 1. The molecule has 0 spiro atoms. The van der Waals surface area contributed by atoms with Gasteiger partial charge >= 0.3 is 11.5 Å². The van der Waals surface area contributed by atoms with E-state index in [2.05, 4.69) is 4.98 Å². The van der Waals surface area contributed by atoms with Gasteiger partial charge in [0.2, 0.25) is 0 Å². The predicted molar refractivity (Wildman–Crippen MR) is 156 cm³/mol. The van der Waals surface area contributed by atoms with Gasteiger partial charge in [0.15, 0.2) is 11.2 Å². The van der Waals surface area contributed by atoms with E-state index < -0.39 is 5.76 Å². The molecule has 9 heteroatoms. The minimum Gasteiger partial charge on any atom is -0.506 e. The van der Waals surface area contributed by atoms with Crippen LogP contribution in [0, 0.1) is 20.8 Å². The highest BCUT2D eigenvalue weighted by Crippen LogP contribution is 2.20. The van der Waals surface area contributed by atoms with E-state index in [4.69, 9.17) is 24.4 Å². The number of nitrogens with one attached hydrogen (secondary N) is 1. The van der Waals surface area contributed by atoms with Crippen molar-refractivity contribution in [3.8, 4) is 11.5 Å². The lowest BCUT2D eigenvalue weighted by Crippen LogP contribution is -2.14. The summed E-state index contributed by atoms with van der Waals surface area (Å²) in [5.74, 6) is 0.194. The molecule has 0 unspecified atom stereocenters. The topological polar surface area (TPSA) is 137 Å². The first-order chi connectivity index (χ1) is 19.1. The molecule has 4 aromatic carbocycles. The molecule has 4 N–H and O–H groups in total. The van der Waals surface area contributed by atoms with Crippen LogP contribution in [0.5, 0.6) is 11.5 Å². The van der Waals surface area contributed by atoms with E-state index in [1.165, 1.54) is 0 Å². The van der Waals surface area contributed by atoms with Crippen LogP contribution in [0.15, 0.2) is 97.3 Å². The summed E-state index contributed by atoms with van der Waals surface area (Å²) >= 11 is 0. The minimum absolute atomic E-state index is 0.153. The van der Waals surface area contributed by atoms with Crippen molar-refractivity contribution in [2.75, 3.05) is 12.8 Å². The number of aromatic nitrogens is 2. The van der Waals surface area contributed by atoms with Crippen molar-refractivity contribution in [1.82, 2.24) is 9.55 Å². The highest BCUT2D eigenvalue weighted by atomic mass is 16.5. The first-order valence-corrected chi connectivity index (χ1v) is 12.5. The molecule has 6 rings (SSSR count). The molecule has 40 heavy (non-hydrogen) atoms. The summed E-state index contributed by atoms with van der Waals surface area (Å²) < 4.78 is 16.9. The van der Waals surface area contributed by atoms with Gasteiger partial charge in [0, 0.05) is 0 Å². The zero-order chi connectivity index (χ0) is 28.8. The summed E-state index contributed by atoms with van der Waals surface area (Å²) in [5.41, 5.74) is 12.9. The summed E-state index contributed by atoms with van der Waals surface area (Å²) in [7, 11) is 1.63. The number of hydrogen-bond donors (Lipinski definition) is 3. The van der Waals surface area contributed by atoms with Crippen LogP contribution < -0.4 is 22.0 Å². The molecule has 6 aromatic rings. The summed E-state index contributed by atoms with van der Waals surface area (Å²) in [4.78, 5) is 25.2. The van der Waals surface area contributed by atoms with Gasteiger partial charge in [0.05, 0.1) is 30.4 Å². The molecule has 0 saturated heterocycles. The maximum atomic E-state index is 12.0. The van der Waals surface area contributed by atoms with Gasteiger partial charge in [-0.05, 0) is 91.6 Å². The van der Waals surface area contributed by atoms with Crippen LogP contribution in [0.1, 0.15) is 22.3 Å². The monoisotopic (exact) mass is 541 g/mol. The molecule has 0 aliphatic rings. The van der Waals surface area contributed by atoms with Crippen molar-refractivity contribution in [1.29, 1.82) is 0 Å². The fraction of sp³-hybridized carbons (Fsp3) is 0.161. The molecule has 0 atom stereocenters. The molecule has 0 amide bonds. The van der Waals surface area contributed by atoms with Gasteiger partial charge < -0.3 is 24.4 Å². The number of phenolic OH excluding ortho intramolecular Hbond substituents is 1. The molecule has 0 bridgehead atoms. The number of nitrogens with two attached hydrogens (primary N) is 1. The van der Waals surface area contributed by atoms with Crippen LogP contribution in [0.4, 0.5) is 5.69 Å². The number of rotatable bonds is 3. The third kappa shape index (κ3) is 6.82. The van der Waals surface area contributed by atoms with Crippen molar-refractivity contribution >= 4 is 27.9 Å². The lowest BCUT2D eigenvalue weighted by molar-refractivity contribution is 0.414. The Balaban J connectivity index is 0.000000155. The Labute approximate surface area is 230 Å². The summed E-state index contributed by atoms with van der Waals surface area (Å²) in [6.07, 6.45) is 0. The smallest absolute Gasteiger partial charge is 0.420 e. The van der Waals surface area contributed by atoms with Crippen LogP contribution in [0.3, 0.4) is 0 Å². The van der Waals surface area contributed by atoms with E-state index in [0.717, 1.165) is 39.0 Å². The predicted octanol–water partition coefficient (Wildman–Crippen LogP) is 5.67. The number of aromatic amines is 1. The number of nitrogens with zero attached hydrogens (tertiary/aromatic N) is 1. The third-order valence-electron chi connectivity index (χ3n) is 6.06. The number of ether oxygens (including phenoxy) is 1. The van der Waals surface area contributed by atoms with Gasteiger partial charge in [0.1, 0.15) is 11.5 Å². The van der Waals surface area contributed by atoms with E-state index in [1.807, 2.05) is 81.4 Å². The number of fused-ring (bicyclic) bond motifs is 2. The Morgan fingerprint density at radius 3 is 2.23 bits per heavy atom. The zero-order valence-electron chi connectivity index (χ0n) is 22.7. The average Bonchev–Trinajstić information content (AvgIpc) is 3.44. The van der Waals surface area contributed by atoms with Gasteiger partial charge in [-0.3, -0.25) is 9.55 Å². The van der Waals surface area contributed by atoms with Crippen molar-refractivity contribution in [2.24, 2.45) is 0 Å². The molecule has 0 saturated carbocycles. The number of oxazole rings is 2. The van der Waals surface area contributed by atoms with E-state index in [0.29, 0.717) is 23.4 Å². The Morgan fingerprint density at radius 2 is 1.52 bits per heavy atom. The number of methoxy groups -OCH3 is 1. The second-order valence-corrected chi connectivity index (χ2v) is 9.35. The highest BCUT2D eigenvalue weighted by Gasteiger charge is 2.10. The summed E-state index contributed by atoms with van der Waals surface area (Å²) in [6, 6.07) is 24.1. The number of anilines is 1. The van der Waals surface area contributed by atoms with E-state index in [-0.39, 0.29) is 11.5 Å². The first-order valence-electron chi connectivity index (χ1n) is 12.5. The number of hydrogen-bond acceptors (Lipinski definition) is 7. The minimum atomic E-state index is -0.398. The molecule has 2 heterocycles. The molecular weight excluding hydrogens is 510 g/mol. The van der Waals surface area contributed by atoms with Gasteiger partial charge in [-0.15, -0.1) is 0 Å². The standard InChI is InChI=1S/C16H15NO3.C8H7NO2.C7H9NO/c1-11-6-7-15-14(8-11)17(16(18)20-15)10-12-4-3-5-13(9-12)19-2;1-5-2-3-7-6(4-5)9-8(10)11-7;1-5-2-3-7(9)6(8)4-5/h3-9H,10H2,1-2H3;2-4H,1H3,(H,9,10);2-4,9H,8H2,1H3. The summed E-state index contributed by atoms with van der Waals surface area (Å²) in [6.45, 7) is 6.35. The van der Waals surface area contributed by atoms with Crippen molar-refractivity contribution in [3.63, 3.8) is 0 Å². The Morgan fingerprint density at radius 1 is 0.850 bits per heavy atom. The molecule has 9 nitrogen and oxygen atoms in total. The Hall–Kier alpha value is -5.18. The second-order valence-electron chi connectivity index (χ2n) is 9.35. The molecule has 2 aromatic heterocycles. The maximum Gasteiger partial charge on any atom is 0.420 e. The van der Waals surface area contributed by atoms with Gasteiger partial charge in [-0.25, -0.2) is 9.59 Å². The maximum absolute atomic E-state index is 12.0. The number of phenols is 1. The highest BCUT2D eigenvalue weighted by molar-refractivity contribution is 5.74. The van der Waals surface area contributed by atoms with Crippen molar-refractivity contribution < 1.29 is 18.7 Å². The average molecular weight is 542 g/mol. The van der Waals surface area contributed by atoms with Crippen molar-refractivity contribution in [3.05, 3.63) is 122 Å². The summed E-state index contributed by atoms with van der Waals surface area (Å²) in [5, 5.41) is 8.92. The molecule has 0 aliphatic carbocycles. The lowest BCUT2D eigenvalue weighted by Gasteiger charge is -2.05. The lowest BCUT2D eigenvalue weighted by atomic mass is 10.2. The van der Waals surface area contributed by atoms with Crippen molar-refractivity contribution in [2.45, 2.75) is 27.3 Å². The first kappa shape index (κ1) is 27.8. The molecule has 0 radical (unpaired) electrons. The van der Waals surface area contributed by atoms with E-state index in [9.17, 15) is 9.59 Å². The zero-order valence-corrected chi connectivity index (χ0v) is 22.7. The normalized spacial score (nSPS) is 10.5. The number of H-pyrrole nitrogens is 1. The Bertz CT molecular complexity index is 1880. The quantitative estimate of drug-likeness (QED) is 0.194. The SMILES string of the molecule is COc1cccc(Cn2c(=O)oc3ccc(C)cc32)c1.Cc1ccc(O)c(N)c1.Cc1ccc2oc(=O)[nH]c2c1. The number of aryl methyl sites for hydroxylation is 3. The van der Waals surface area contributed by atoms with Gasteiger partial charge in [0.25, 0.3) is 0 Å². The largest absolute Gasteiger partial charge is 0.506 e. The fourth-order valence-electron chi connectivity index (χ4n) is 4.02. The van der Waals surface area contributed by atoms with Crippen LogP contribution >= 0.6 is 0 Å². The van der Waals surface area contributed by atoms with Gasteiger partial charge in [-0.2, -0.15) is 0 Å². The fourth-order valence-corrected chi connectivity index (χ4v) is 4.02. The molecule has 0 fully saturated rings. The van der Waals surface area contributed by atoms with E-state index in [1.54, 1.807) is 29.9 Å². The van der Waals surface area contributed by atoms with Gasteiger partial charge in [-0.1, -0.05) is 30.3 Å². The van der Waals surface area contributed by atoms with Crippen LogP contribution in [-0.4, -0.2) is 21.8 Å². The van der Waals surface area contributed by atoms with Crippen LogP contribution in [0.2, 0.25) is 0 Å². The molecule has 206 valence electrons. The Kier molecular flexibility index (Phi) is 8.44. The number of benzene rings is 4. The van der Waals surface area contributed by atoms with Crippen LogP contribution in [-0.2, 0) is 6.54 Å². The molecule has 0 aliphatic heterocycles. The third-order valence-corrected chi connectivity index (χ3v) is 6.06. The number of nitrogen functional groups attached to an aromatic ring is 1. The van der Waals surface area contributed by atoms with Crippen LogP contribution in [0.25, 0.3) is 22.2 Å². The van der Waals surface area contributed by atoms with E-state index >= 15 is 0 Å². The second kappa shape index (κ2) is 12.1. The molecular formula is C31H31N3O6.